The maximum absolute atomic E-state index is 12.0. The van der Waals surface area contributed by atoms with Crippen molar-refractivity contribution >= 4 is 17.5 Å². The number of aliphatic hydroxyl groups is 1. The number of hydrogen-bond donors (Lipinski definition) is 3. The van der Waals surface area contributed by atoms with Crippen LogP contribution in [-0.4, -0.2) is 37.7 Å². The van der Waals surface area contributed by atoms with Crippen molar-refractivity contribution in [1.29, 1.82) is 0 Å². The highest BCUT2D eigenvalue weighted by molar-refractivity contribution is 6.39. The summed E-state index contributed by atoms with van der Waals surface area (Å²) in [6.45, 7) is 1.46. The van der Waals surface area contributed by atoms with Crippen LogP contribution in [0.1, 0.15) is 12.5 Å². The van der Waals surface area contributed by atoms with Crippen molar-refractivity contribution in [1.82, 2.24) is 5.32 Å². The Bertz CT molecular complexity index is 775. The van der Waals surface area contributed by atoms with Gasteiger partial charge in [-0.2, -0.15) is 0 Å². The van der Waals surface area contributed by atoms with Gasteiger partial charge in [-0.1, -0.05) is 30.3 Å². The normalized spacial score (nSPS) is 12.6. The van der Waals surface area contributed by atoms with Gasteiger partial charge in [0.2, 0.25) is 0 Å². The van der Waals surface area contributed by atoms with Gasteiger partial charge in [-0.15, -0.1) is 0 Å². The van der Waals surface area contributed by atoms with Crippen LogP contribution in [0.25, 0.3) is 0 Å². The molecule has 2 aromatic carbocycles. The summed E-state index contributed by atoms with van der Waals surface area (Å²) >= 11 is 0. The topological polar surface area (TPSA) is 96.9 Å². The second kappa shape index (κ2) is 8.35. The summed E-state index contributed by atoms with van der Waals surface area (Å²) in [6, 6.07) is 13.6. The summed E-state index contributed by atoms with van der Waals surface area (Å²) in [6.07, 6.45) is 0. The van der Waals surface area contributed by atoms with Gasteiger partial charge in [0.25, 0.3) is 0 Å². The van der Waals surface area contributed by atoms with Crippen LogP contribution in [0.4, 0.5) is 5.69 Å². The zero-order chi connectivity index (χ0) is 19.2. The lowest BCUT2D eigenvalue weighted by atomic mass is 9.96. The summed E-state index contributed by atoms with van der Waals surface area (Å²) in [5.74, 6) is -0.761. The number of amides is 2. The van der Waals surface area contributed by atoms with E-state index in [9.17, 15) is 14.7 Å². The highest BCUT2D eigenvalue weighted by atomic mass is 16.5. The Morgan fingerprint density at radius 1 is 1.00 bits per heavy atom. The molecule has 0 bridgehead atoms. The van der Waals surface area contributed by atoms with E-state index < -0.39 is 17.4 Å². The van der Waals surface area contributed by atoms with Crippen LogP contribution in [0.2, 0.25) is 0 Å². The van der Waals surface area contributed by atoms with E-state index in [1.807, 2.05) is 6.07 Å². The minimum absolute atomic E-state index is 0.102. The maximum atomic E-state index is 12.0. The van der Waals surface area contributed by atoms with Crippen LogP contribution in [0.15, 0.2) is 48.5 Å². The third-order valence-electron chi connectivity index (χ3n) is 3.84. The van der Waals surface area contributed by atoms with E-state index in [-0.39, 0.29) is 6.54 Å². The van der Waals surface area contributed by atoms with Crippen LogP contribution in [0.3, 0.4) is 0 Å². The molecular weight excluding hydrogens is 336 g/mol. The standard InChI is InChI=1S/C19H22N2O5/c1-19(24,13-7-5-4-6-8-13)12-20-17(22)18(23)21-14-9-10-15(25-2)16(11-14)26-3/h4-11,24H,12H2,1-3H3,(H,20,22)(H,21,23). The molecule has 0 heterocycles. The molecule has 3 N–H and O–H groups in total. The van der Waals surface area contributed by atoms with Gasteiger partial charge in [-0.05, 0) is 24.6 Å². The SMILES string of the molecule is COc1ccc(NC(=O)C(=O)NCC(C)(O)c2ccccc2)cc1OC. The van der Waals surface area contributed by atoms with E-state index in [1.165, 1.54) is 14.2 Å². The molecule has 0 aliphatic carbocycles. The first kappa shape index (κ1) is 19.3. The highest BCUT2D eigenvalue weighted by Crippen LogP contribution is 2.29. The fraction of sp³-hybridized carbons (Fsp3) is 0.263. The molecule has 0 aromatic heterocycles. The van der Waals surface area contributed by atoms with Gasteiger partial charge in [0, 0.05) is 11.8 Å². The Morgan fingerprint density at radius 2 is 1.65 bits per heavy atom. The van der Waals surface area contributed by atoms with Crippen LogP contribution >= 0.6 is 0 Å². The predicted molar refractivity (Wildman–Crippen MR) is 97.2 cm³/mol. The van der Waals surface area contributed by atoms with Crippen molar-refractivity contribution in [3.63, 3.8) is 0 Å². The first-order valence-electron chi connectivity index (χ1n) is 7.96. The van der Waals surface area contributed by atoms with E-state index in [1.54, 1.807) is 49.4 Å². The largest absolute Gasteiger partial charge is 0.493 e. The molecule has 138 valence electrons. The monoisotopic (exact) mass is 358 g/mol. The molecule has 2 amide bonds. The average Bonchev–Trinajstić information content (AvgIpc) is 2.66. The zero-order valence-electron chi connectivity index (χ0n) is 14.9. The van der Waals surface area contributed by atoms with Crippen LogP contribution in [0, 0.1) is 0 Å². The lowest BCUT2D eigenvalue weighted by Gasteiger charge is -2.24. The van der Waals surface area contributed by atoms with Gasteiger partial charge in [0.15, 0.2) is 11.5 Å². The van der Waals surface area contributed by atoms with Crippen molar-refractivity contribution < 1.29 is 24.2 Å². The zero-order valence-corrected chi connectivity index (χ0v) is 14.9. The maximum Gasteiger partial charge on any atom is 0.313 e. The molecule has 7 heteroatoms. The fourth-order valence-corrected chi connectivity index (χ4v) is 2.33. The molecule has 26 heavy (non-hydrogen) atoms. The number of methoxy groups -OCH3 is 2. The number of rotatable bonds is 6. The van der Waals surface area contributed by atoms with E-state index in [0.29, 0.717) is 22.7 Å². The van der Waals surface area contributed by atoms with Crippen molar-refractivity contribution in [2.45, 2.75) is 12.5 Å². The first-order valence-corrected chi connectivity index (χ1v) is 7.96. The Labute approximate surface area is 151 Å². The minimum Gasteiger partial charge on any atom is -0.493 e. The lowest BCUT2D eigenvalue weighted by Crippen LogP contribution is -2.43. The van der Waals surface area contributed by atoms with Gasteiger partial charge in [-0.3, -0.25) is 9.59 Å². The Morgan fingerprint density at radius 3 is 2.27 bits per heavy atom. The minimum atomic E-state index is -1.29. The molecule has 0 aliphatic rings. The molecule has 7 nitrogen and oxygen atoms in total. The van der Waals surface area contributed by atoms with Gasteiger partial charge >= 0.3 is 11.8 Å². The molecule has 0 spiro atoms. The molecule has 2 aromatic rings. The van der Waals surface area contributed by atoms with Gasteiger partial charge in [0.05, 0.1) is 20.8 Å². The molecule has 0 fully saturated rings. The van der Waals surface area contributed by atoms with Gasteiger partial charge < -0.3 is 25.2 Å². The highest BCUT2D eigenvalue weighted by Gasteiger charge is 2.25. The van der Waals surface area contributed by atoms with Crippen LogP contribution in [-0.2, 0) is 15.2 Å². The predicted octanol–water partition coefficient (Wildman–Crippen LogP) is 1.67. The summed E-state index contributed by atoms with van der Waals surface area (Å²) < 4.78 is 10.3. The fourth-order valence-electron chi connectivity index (χ4n) is 2.33. The van der Waals surface area contributed by atoms with Crippen LogP contribution < -0.4 is 20.1 Å². The number of benzene rings is 2. The average molecular weight is 358 g/mol. The summed E-state index contributed by atoms with van der Waals surface area (Å²) in [5, 5.41) is 15.4. The molecule has 0 radical (unpaired) electrons. The van der Waals surface area contributed by atoms with E-state index >= 15 is 0 Å². The molecule has 0 saturated heterocycles. The number of carbonyl (C=O) groups excluding carboxylic acids is 2. The first-order chi connectivity index (χ1) is 12.4. The van der Waals surface area contributed by atoms with Crippen molar-refractivity contribution in [3.05, 3.63) is 54.1 Å². The Kier molecular flexibility index (Phi) is 6.19. The molecular formula is C19H22N2O5. The molecule has 0 aliphatic heterocycles. The number of nitrogens with one attached hydrogen (secondary N) is 2. The van der Waals surface area contributed by atoms with Crippen molar-refractivity contribution in [2.24, 2.45) is 0 Å². The number of ether oxygens (including phenoxy) is 2. The lowest BCUT2D eigenvalue weighted by molar-refractivity contribution is -0.136. The smallest absolute Gasteiger partial charge is 0.313 e. The molecule has 2 rings (SSSR count). The number of hydrogen-bond acceptors (Lipinski definition) is 5. The van der Waals surface area contributed by atoms with E-state index in [0.717, 1.165) is 0 Å². The summed E-state index contributed by atoms with van der Waals surface area (Å²) in [7, 11) is 2.98. The Balaban J connectivity index is 1.97. The number of anilines is 1. The van der Waals surface area contributed by atoms with Gasteiger partial charge in [0.1, 0.15) is 5.60 Å². The number of carbonyl (C=O) groups is 2. The Hall–Kier alpha value is -3.06. The second-order valence-electron chi connectivity index (χ2n) is 5.85. The summed E-state index contributed by atoms with van der Waals surface area (Å²) in [5.41, 5.74) is -0.265. The molecule has 1 atom stereocenters. The van der Waals surface area contributed by atoms with Crippen molar-refractivity contribution in [3.8, 4) is 11.5 Å². The summed E-state index contributed by atoms with van der Waals surface area (Å²) in [4.78, 5) is 24.1. The molecule has 1 unspecified atom stereocenters. The third-order valence-corrected chi connectivity index (χ3v) is 3.84. The van der Waals surface area contributed by atoms with Crippen LogP contribution in [0.5, 0.6) is 11.5 Å². The quantitative estimate of drug-likeness (QED) is 0.683. The van der Waals surface area contributed by atoms with E-state index in [4.69, 9.17) is 9.47 Å². The third kappa shape index (κ3) is 4.73. The van der Waals surface area contributed by atoms with Crippen molar-refractivity contribution in [2.75, 3.05) is 26.1 Å². The van der Waals surface area contributed by atoms with Gasteiger partial charge in [-0.25, -0.2) is 0 Å². The molecule has 0 saturated carbocycles. The second-order valence-corrected chi connectivity index (χ2v) is 5.85. The van der Waals surface area contributed by atoms with E-state index in [2.05, 4.69) is 10.6 Å².